The molecule has 7 N–H and O–H groups in total. The molecule has 2 aliphatic heterocycles. The number of carbonyl (C=O) groups is 6. The van der Waals surface area contributed by atoms with Gasteiger partial charge >= 0.3 is 5.97 Å². The van der Waals surface area contributed by atoms with E-state index in [9.17, 15) is 39.0 Å². The number of nitrogens with zero attached hydrogens (tertiary/aromatic N) is 2. The first-order chi connectivity index (χ1) is 23.3. The van der Waals surface area contributed by atoms with Crippen LogP contribution in [0.25, 0.3) is 0 Å². The van der Waals surface area contributed by atoms with Crippen molar-refractivity contribution in [3.05, 3.63) is 65.7 Å². The molecule has 2 aliphatic rings. The van der Waals surface area contributed by atoms with Gasteiger partial charge in [-0.15, -0.1) is 0 Å². The van der Waals surface area contributed by atoms with E-state index in [0.29, 0.717) is 25.7 Å². The third kappa shape index (κ3) is 9.78. The number of amides is 5. The number of nitrogens with two attached hydrogens (primary N) is 1. The molecule has 0 spiro atoms. The summed E-state index contributed by atoms with van der Waals surface area (Å²) in [4.78, 5) is 81.0. The molecular weight excluding hydrogens is 632 g/mol. The molecule has 0 radical (unpaired) electrons. The minimum absolute atomic E-state index is 0.0904. The highest BCUT2D eigenvalue weighted by molar-refractivity contribution is 5.96. The first-order valence-corrected chi connectivity index (χ1v) is 16.6. The maximum atomic E-state index is 13.7. The zero-order valence-corrected chi connectivity index (χ0v) is 27.8. The molecular formula is C35H46N6O8. The second-order valence-electron chi connectivity index (χ2n) is 13.0. The summed E-state index contributed by atoms with van der Waals surface area (Å²) in [5.41, 5.74) is 7.64. The van der Waals surface area contributed by atoms with E-state index in [-0.39, 0.29) is 37.6 Å². The third-order valence-electron chi connectivity index (χ3n) is 8.96. The molecule has 264 valence electrons. The Hall–Kier alpha value is -4.98. The molecule has 14 heteroatoms. The van der Waals surface area contributed by atoms with E-state index in [1.165, 1.54) is 21.9 Å². The van der Waals surface area contributed by atoms with Crippen molar-refractivity contribution in [2.45, 2.75) is 82.6 Å². The second kappa shape index (κ2) is 16.9. The normalized spacial score (nSPS) is 19.2. The molecule has 2 aromatic rings. The molecule has 0 unspecified atom stereocenters. The number of phenolic OH excluding ortho intramolecular Hbond substituents is 1. The Morgan fingerprint density at radius 1 is 0.816 bits per heavy atom. The Kier molecular flexibility index (Phi) is 12.7. The minimum atomic E-state index is -1.10. The van der Waals surface area contributed by atoms with Gasteiger partial charge in [0.1, 0.15) is 29.9 Å². The van der Waals surface area contributed by atoms with Crippen molar-refractivity contribution in [2.24, 2.45) is 11.7 Å². The molecule has 49 heavy (non-hydrogen) atoms. The van der Waals surface area contributed by atoms with Crippen molar-refractivity contribution in [1.29, 1.82) is 0 Å². The monoisotopic (exact) mass is 678 g/mol. The number of hydrogen-bond acceptors (Lipinski definition) is 8. The van der Waals surface area contributed by atoms with E-state index in [4.69, 9.17) is 5.73 Å². The lowest BCUT2D eigenvalue weighted by molar-refractivity contribution is -0.149. The maximum Gasteiger partial charge on any atom is 0.326 e. The van der Waals surface area contributed by atoms with Crippen LogP contribution in [0, 0.1) is 5.92 Å². The Balaban J connectivity index is 1.36. The number of likely N-dealkylation sites (tertiary alicyclic amines) is 2. The van der Waals surface area contributed by atoms with Crippen LogP contribution in [0.1, 0.15) is 50.7 Å². The van der Waals surface area contributed by atoms with Crippen LogP contribution < -0.4 is 21.7 Å². The Morgan fingerprint density at radius 2 is 1.41 bits per heavy atom. The van der Waals surface area contributed by atoms with E-state index in [1.54, 1.807) is 50.2 Å². The molecule has 2 aromatic carbocycles. The molecule has 0 bridgehead atoms. The van der Waals surface area contributed by atoms with Gasteiger partial charge in [0.05, 0.1) is 12.6 Å². The summed E-state index contributed by atoms with van der Waals surface area (Å²) < 4.78 is 0. The number of carboxylic acids is 1. The van der Waals surface area contributed by atoms with Crippen LogP contribution >= 0.6 is 0 Å². The highest BCUT2D eigenvalue weighted by Crippen LogP contribution is 2.22. The van der Waals surface area contributed by atoms with E-state index in [2.05, 4.69) is 16.0 Å². The summed E-state index contributed by atoms with van der Waals surface area (Å²) in [5.74, 6) is -3.99. The van der Waals surface area contributed by atoms with Gasteiger partial charge in [-0.3, -0.25) is 24.0 Å². The molecule has 5 amide bonds. The van der Waals surface area contributed by atoms with Crippen LogP contribution in [0.3, 0.4) is 0 Å². The fourth-order valence-electron chi connectivity index (χ4n) is 6.30. The number of nitrogens with one attached hydrogen (secondary N) is 3. The van der Waals surface area contributed by atoms with Crippen LogP contribution in [0.2, 0.25) is 0 Å². The Labute approximate surface area is 285 Å². The maximum absolute atomic E-state index is 13.7. The van der Waals surface area contributed by atoms with Crippen LogP contribution in [-0.4, -0.2) is 105 Å². The van der Waals surface area contributed by atoms with E-state index < -0.39 is 72.3 Å². The summed E-state index contributed by atoms with van der Waals surface area (Å²) in [6, 6.07) is 10.5. The molecule has 14 nitrogen and oxygen atoms in total. The number of hydrogen-bond donors (Lipinski definition) is 6. The summed E-state index contributed by atoms with van der Waals surface area (Å²) in [6.45, 7) is 3.64. The van der Waals surface area contributed by atoms with Gasteiger partial charge in [0.15, 0.2) is 0 Å². The summed E-state index contributed by atoms with van der Waals surface area (Å²) >= 11 is 0. The molecule has 2 fully saturated rings. The second-order valence-corrected chi connectivity index (χ2v) is 13.0. The van der Waals surface area contributed by atoms with Crippen molar-refractivity contribution < 1.29 is 39.0 Å². The summed E-state index contributed by atoms with van der Waals surface area (Å²) in [5, 5.41) is 27.1. The number of carbonyl (C=O) groups excluding carboxylic acids is 5. The first kappa shape index (κ1) is 36.8. The number of carboxylic acid groups (broad SMARTS) is 1. The topological polar surface area (TPSA) is 211 Å². The third-order valence-corrected chi connectivity index (χ3v) is 8.96. The van der Waals surface area contributed by atoms with Crippen molar-refractivity contribution in [2.75, 3.05) is 19.6 Å². The van der Waals surface area contributed by atoms with Gasteiger partial charge in [-0.1, -0.05) is 56.3 Å². The van der Waals surface area contributed by atoms with Gasteiger partial charge in [-0.05, 0) is 61.3 Å². The van der Waals surface area contributed by atoms with Crippen LogP contribution in [0.5, 0.6) is 5.75 Å². The molecule has 2 saturated heterocycles. The lowest BCUT2D eigenvalue weighted by Gasteiger charge is -2.31. The van der Waals surface area contributed by atoms with E-state index in [0.717, 1.165) is 11.1 Å². The first-order valence-electron chi connectivity index (χ1n) is 16.6. The lowest BCUT2D eigenvalue weighted by Crippen LogP contribution is -2.58. The zero-order valence-electron chi connectivity index (χ0n) is 27.8. The van der Waals surface area contributed by atoms with Crippen LogP contribution in [0.4, 0.5) is 0 Å². The molecule has 5 atom stereocenters. The quantitative estimate of drug-likeness (QED) is 0.162. The van der Waals surface area contributed by atoms with Crippen molar-refractivity contribution in [3.63, 3.8) is 0 Å². The zero-order chi connectivity index (χ0) is 35.7. The van der Waals surface area contributed by atoms with Gasteiger partial charge < -0.3 is 41.7 Å². The number of aromatic hydroxyl groups is 1. The fourth-order valence-corrected chi connectivity index (χ4v) is 6.30. The SMILES string of the molecule is CC(C)[C@H](NC(=O)[C@@H](N)Cc1ccc(O)cc1)C(=O)N1CCC[C@H]1C(=O)NCC(=O)N[C@@H](Cc1ccccc1)C(=O)N1CCC[C@@H]1C(=O)O. The summed E-state index contributed by atoms with van der Waals surface area (Å²) in [7, 11) is 0. The van der Waals surface area contributed by atoms with Crippen LogP contribution in [-0.2, 0) is 41.6 Å². The molecule has 0 aromatic heterocycles. The average Bonchev–Trinajstić information content (AvgIpc) is 3.77. The largest absolute Gasteiger partial charge is 0.508 e. The van der Waals surface area contributed by atoms with Gasteiger partial charge in [0, 0.05) is 19.5 Å². The molecule has 2 heterocycles. The van der Waals surface area contributed by atoms with E-state index in [1.807, 2.05) is 6.07 Å². The number of rotatable bonds is 14. The van der Waals surface area contributed by atoms with Gasteiger partial charge in [0.2, 0.25) is 29.5 Å². The fraction of sp³-hybridized carbons (Fsp3) is 0.486. The van der Waals surface area contributed by atoms with Crippen molar-refractivity contribution >= 4 is 35.5 Å². The average molecular weight is 679 g/mol. The highest BCUT2D eigenvalue weighted by atomic mass is 16.4. The van der Waals surface area contributed by atoms with Gasteiger partial charge in [0.25, 0.3) is 0 Å². The molecule has 0 aliphatic carbocycles. The Bertz CT molecular complexity index is 1500. The molecule has 0 saturated carbocycles. The molecule has 4 rings (SSSR count). The van der Waals surface area contributed by atoms with Crippen molar-refractivity contribution in [1.82, 2.24) is 25.8 Å². The van der Waals surface area contributed by atoms with E-state index >= 15 is 0 Å². The number of benzene rings is 2. The van der Waals surface area contributed by atoms with Gasteiger partial charge in [-0.2, -0.15) is 0 Å². The lowest BCUT2D eigenvalue weighted by atomic mass is 10.0. The predicted molar refractivity (Wildman–Crippen MR) is 179 cm³/mol. The highest BCUT2D eigenvalue weighted by Gasteiger charge is 2.40. The Morgan fingerprint density at radius 3 is 2.02 bits per heavy atom. The summed E-state index contributed by atoms with van der Waals surface area (Å²) in [6.07, 6.45) is 2.09. The predicted octanol–water partition coefficient (Wildman–Crippen LogP) is 0.313. The number of phenols is 1. The standard InChI is InChI=1S/C35H46N6O8/c1-21(2)30(39-31(44)25(36)18-23-12-14-24(42)15-13-23)34(47)40-16-6-10-27(40)32(45)37-20-29(43)38-26(19-22-8-4-3-5-9-22)33(46)41-17-7-11-28(41)35(48)49/h3-5,8-9,12-15,21,25-28,30,42H,6-7,10-11,16-20,36H2,1-2H3,(H,37,45)(H,38,43)(H,39,44)(H,48,49)/t25-,26-,27-,28+,30-/m0/s1. The van der Waals surface area contributed by atoms with Gasteiger partial charge in [-0.25, -0.2) is 4.79 Å². The number of aliphatic carboxylic acids is 1. The van der Waals surface area contributed by atoms with Crippen LogP contribution in [0.15, 0.2) is 54.6 Å². The van der Waals surface area contributed by atoms with Crippen molar-refractivity contribution in [3.8, 4) is 5.75 Å². The minimum Gasteiger partial charge on any atom is -0.508 e. The smallest absolute Gasteiger partial charge is 0.326 e.